The summed E-state index contributed by atoms with van der Waals surface area (Å²) in [6, 6.07) is 6.55. The molecule has 3 aromatic rings. The smallest absolute Gasteiger partial charge is 0.259 e. The van der Waals surface area contributed by atoms with Crippen LogP contribution in [0, 0.1) is 19.7 Å². The molecule has 0 unspecified atom stereocenters. The van der Waals surface area contributed by atoms with Crippen molar-refractivity contribution >= 4 is 11.6 Å². The summed E-state index contributed by atoms with van der Waals surface area (Å²) in [5, 5.41) is 11.4. The standard InChI is InChI=1S/C18H20FN5O/c1-4-24-13(3)17(12(2)22-24)18(25)21-15-9-20-23(11-15)10-14-7-5-6-8-16(14)19/h5-9,11H,4,10H2,1-3H3,(H,21,25). The summed E-state index contributed by atoms with van der Waals surface area (Å²) in [4.78, 5) is 12.5. The van der Waals surface area contributed by atoms with Crippen LogP contribution in [-0.2, 0) is 13.1 Å². The average Bonchev–Trinajstić information content (AvgIpc) is 3.13. The van der Waals surface area contributed by atoms with Crippen molar-refractivity contribution in [1.29, 1.82) is 0 Å². The Labute approximate surface area is 145 Å². The third-order valence-electron chi connectivity index (χ3n) is 4.09. The lowest BCUT2D eigenvalue weighted by atomic mass is 10.2. The molecule has 0 radical (unpaired) electrons. The van der Waals surface area contributed by atoms with Gasteiger partial charge in [0.2, 0.25) is 0 Å². The predicted octanol–water partition coefficient (Wildman–Crippen LogP) is 3.16. The van der Waals surface area contributed by atoms with Crippen LogP contribution < -0.4 is 5.32 Å². The molecule has 1 amide bonds. The van der Waals surface area contributed by atoms with Crippen LogP contribution in [0.25, 0.3) is 0 Å². The van der Waals surface area contributed by atoms with Crippen LogP contribution >= 0.6 is 0 Å². The van der Waals surface area contributed by atoms with Gasteiger partial charge in [-0.3, -0.25) is 14.2 Å². The first-order chi connectivity index (χ1) is 12.0. The van der Waals surface area contributed by atoms with Gasteiger partial charge in [0.1, 0.15) is 5.82 Å². The molecule has 1 aromatic carbocycles. The Bertz CT molecular complexity index is 912. The van der Waals surface area contributed by atoms with Crippen LogP contribution in [0.4, 0.5) is 10.1 Å². The number of carbonyl (C=O) groups excluding carboxylic acids is 1. The molecule has 0 spiro atoms. The quantitative estimate of drug-likeness (QED) is 0.775. The fourth-order valence-corrected chi connectivity index (χ4v) is 2.84. The number of nitrogens with one attached hydrogen (secondary N) is 1. The number of carbonyl (C=O) groups is 1. The summed E-state index contributed by atoms with van der Waals surface area (Å²) < 4.78 is 17.1. The van der Waals surface area contributed by atoms with Crippen molar-refractivity contribution in [2.45, 2.75) is 33.9 Å². The van der Waals surface area contributed by atoms with Crippen LogP contribution in [-0.4, -0.2) is 25.5 Å². The highest BCUT2D eigenvalue weighted by molar-refractivity contribution is 6.05. The Hall–Kier alpha value is -2.96. The zero-order chi connectivity index (χ0) is 18.0. The molecule has 0 atom stereocenters. The lowest BCUT2D eigenvalue weighted by Gasteiger charge is -2.04. The molecule has 25 heavy (non-hydrogen) atoms. The van der Waals surface area contributed by atoms with Crippen LogP contribution in [0.1, 0.15) is 34.2 Å². The van der Waals surface area contributed by atoms with Gasteiger partial charge in [0.15, 0.2) is 0 Å². The number of benzene rings is 1. The minimum absolute atomic E-state index is 0.222. The summed E-state index contributed by atoms with van der Waals surface area (Å²) in [7, 11) is 0. The van der Waals surface area contributed by atoms with Crippen molar-refractivity contribution in [3.8, 4) is 0 Å². The Morgan fingerprint density at radius 1 is 1.28 bits per heavy atom. The molecule has 0 aliphatic carbocycles. The van der Waals surface area contributed by atoms with Gasteiger partial charge in [0.25, 0.3) is 5.91 Å². The number of nitrogens with zero attached hydrogens (tertiary/aromatic N) is 4. The monoisotopic (exact) mass is 341 g/mol. The third-order valence-corrected chi connectivity index (χ3v) is 4.09. The molecular weight excluding hydrogens is 321 g/mol. The second-order valence-corrected chi connectivity index (χ2v) is 5.83. The maximum absolute atomic E-state index is 13.7. The second kappa shape index (κ2) is 6.88. The number of hydrogen-bond acceptors (Lipinski definition) is 3. The minimum atomic E-state index is -0.276. The van der Waals surface area contributed by atoms with Gasteiger partial charge in [-0.25, -0.2) is 4.39 Å². The molecule has 0 saturated carbocycles. The zero-order valence-electron chi connectivity index (χ0n) is 14.5. The summed E-state index contributed by atoms with van der Waals surface area (Å²) in [6.07, 6.45) is 3.23. The van der Waals surface area contributed by atoms with Gasteiger partial charge >= 0.3 is 0 Å². The van der Waals surface area contributed by atoms with E-state index in [1.54, 1.807) is 40.0 Å². The Kier molecular flexibility index (Phi) is 4.65. The first kappa shape index (κ1) is 16.9. The van der Waals surface area contributed by atoms with Crippen LogP contribution in [0.2, 0.25) is 0 Å². The highest BCUT2D eigenvalue weighted by Crippen LogP contribution is 2.16. The van der Waals surface area contributed by atoms with E-state index in [4.69, 9.17) is 0 Å². The molecule has 0 aliphatic heterocycles. The molecule has 7 heteroatoms. The van der Waals surface area contributed by atoms with E-state index in [-0.39, 0.29) is 11.7 Å². The lowest BCUT2D eigenvalue weighted by Crippen LogP contribution is -2.14. The van der Waals surface area contributed by atoms with E-state index in [1.807, 2.05) is 20.8 Å². The van der Waals surface area contributed by atoms with Gasteiger partial charge in [-0.15, -0.1) is 0 Å². The number of amides is 1. The molecule has 2 heterocycles. The number of anilines is 1. The molecular formula is C18H20FN5O. The van der Waals surface area contributed by atoms with Gasteiger partial charge in [-0.2, -0.15) is 10.2 Å². The van der Waals surface area contributed by atoms with Gasteiger partial charge in [-0.05, 0) is 26.8 Å². The first-order valence-corrected chi connectivity index (χ1v) is 8.10. The van der Waals surface area contributed by atoms with Crippen molar-refractivity contribution in [1.82, 2.24) is 19.6 Å². The largest absolute Gasteiger partial charge is 0.319 e. The van der Waals surface area contributed by atoms with E-state index in [2.05, 4.69) is 15.5 Å². The normalized spacial score (nSPS) is 10.9. The van der Waals surface area contributed by atoms with Crippen molar-refractivity contribution in [2.75, 3.05) is 5.32 Å². The molecule has 6 nitrogen and oxygen atoms in total. The molecule has 130 valence electrons. The Morgan fingerprint density at radius 3 is 2.72 bits per heavy atom. The van der Waals surface area contributed by atoms with E-state index >= 15 is 0 Å². The fourth-order valence-electron chi connectivity index (χ4n) is 2.84. The van der Waals surface area contributed by atoms with Crippen LogP contribution in [0.5, 0.6) is 0 Å². The maximum Gasteiger partial charge on any atom is 0.259 e. The lowest BCUT2D eigenvalue weighted by molar-refractivity contribution is 0.102. The van der Waals surface area contributed by atoms with E-state index in [0.717, 1.165) is 5.69 Å². The molecule has 3 rings (SSSR count). The van der Waals surface area contributed by atoms with Gasteiger partial charge in [0.05, 0.1) is 29.7 Å². The maximum atomic E-state index is 13.7. The Balaban J connectivity index is 1.74. The van der Waals surface area contributed by atoms with Gasteiger partial charge < -0.3 is 5.32 Å². The predicted molar refractivity (Wildman–Crippen MR) is 93.1 cm³/mol. The second-order valence-electron chi connectivity index (χ2n) is 5.83. The highest BCUT2D eigenvalue weighted by Gasteiger charge is 2.18. The van der Waals surface area contributed by atoms with Crippen LogP contribution in [0.3, 0.4) is 0 Å². The van der Waals surface area contributed by atoms with Crippen molar-refractivity contribution in [3.05, 3.63) is 65.0 Å². The summed E-state index contributed by atoms with van der Waals surface area (Å²) in [6.45, 7) is 6.68. The van der Waals surface area contributed by atoms with Crippen molar-refractivity contribution in [2.24, 2.45) is 0 Å². The number of aromatic nitrogens is 4. The average molecular weight is 341 g/mol. The first-order valence-electron chi connectivity index (χ1n) is 8.10. The zero-order valence-corrected chi connectivity index (χ0v) is 14.5. The summed E-state index contributed by atoms with van der Waals surface area (Å²) >= 11 is 0. The van der Waals surface area contributed by atoms with E-state index < -0.39 is 0 Å². The van der Waals surface area contributed by atoms with Crippen LogP contribution in [0.15, 0.2) is 36.7 Å². The van der Waals surface area contributed by atoms with Crippen molar-refractivity contribution in [3.63, 3.8) is 0 Å². The van der Waals surface area contributed by atoms with E-state index in [9.17, 15) is 9.18 Å². The SMILES string of the molecule is CCn1nc(C)c(C(=O)Nc2cnn(Cc3ccccc3F)c2)c1C. The van der Waals surface area contributed by atoms with E-state index in [0.29, 0.717) is 35.6 Å². The number of hydrogen-bond donors (Lipinski definition) is 1. The molecule has 0 fully saturated rings. The molecule has 2 aromatic heterocycles. The molecule has 1 N–H and O–H groups in total. The van der Waals surface area contributed by atoms with Gasteiger partial charge in [0, 0.05) is 24.0 Å². The Morgan fingerprint density at radius 2 is 2.04 bits per heavy atom. The topological polar surface area (TPSA) is 64.7 Å². The van der Waals surface area contributed by atoms with Crippen molar-refractivity contribution < 1.29 is 9.18 Å². The number of rotatable bonds is 5. The minimum Gasteiger partial charge on any atom is -0.319 e. The van der Waals surface area contributed by atoms with Gasteiger partial charge in [-0.1, -0.05) is 18.2 Å². The fraction of sp³-hybridized carbons (Fsp3) is 0.278. The highest BCUT2D eigenvalue weighted by atomic mass is 19.1. The van der Waals surface area contributed by atoms with E-state index in [1.165, 1.54) is 6.07 Å². The molecule has 0 aliphatic rings. The molecule has 0 bridgehead atoms. The number of halogens is 1. The third kappa shape index (κ3) is 3.45. The summed E-state index contributed by atoms with van der Waals surface area (Å²) in [5.74, 6) is -0.498. The number of aryl methyl sites for hydroxylation is 2. The molecule has 0 saturated heterocycles. The summed E-state index contributed by atoms with van der Waals surface area (Å²) in [5.41, 5.74) is 3.19.